The quantitative estimate of drug-likeness (QED) is 0.116. The molecule has 0 aromatic heterocycles. The predicted octanol–water partition coefficient (Wildman–Crippen LogP) is 10.4. The number of Topliss-reactive ketones (excluding diaryl/α,β-unsaturated/α-hetero) is 1. The first-order valence-corrected chi connectivity index (χ1v) is 14.8. The van der Waals surface area contributed by atoms with Gasteiger partial charge in [-0.1, -0.05) is 155 Å². The highest BCUT2D eigenvalue weighted by molar-refractivity contribution is 5.80. The van der Waals surface area contributed by atoms with Gasteiger partial charge in [0.05, 0.1) is 0 Å². The number of unbranched alkanes of at least 4 members (excludes halogenated alkanes) is 21. The van der Waals surface area contributed by atoms with Crippen LogP contribution >= 0.6 is 0 Å². The molecule has 1 unspecified atom stereocenters. The summed E-state index contributed by atoms with van der Waals surface area (Å²) in [6.45, 7) is 7.02. The van der Waals surface area contributed by atoms with E-state index in [-0.39, 0.29) is 11.9 Å². The lowest BCUT2D eigenvalue weighted by atomic mass is 10.0. The summed E-state index contributed by atoms with van der Waals surface area (Å²) >= 11 is 0. The number of ketones is 1. The van der Waals surface area contributed by atoms with Crippen molar-refractivity contribution >= 4 is 5.78 Å². The van der Waals surface area contributed by atoms with Gasteiger partial charge in [0, 0.05) is 6.61 Å². The fourth-order valence-corrected chi connectivity index (χ4v) is 4.57. The van der Waals surface area contributed by atoms with E-state index in [9.17, 15) is 4.79 Å². The summed E-state index contributed by atoms with van der Waals surface area (Å²) in [5.41, 5.74) is 0. The molecule has 2 heteroatoms. The first kappa shape index (κ1) is 31.6. The molecule has 0 saturated carbocycles. The van der Waals surface area contributed by atoms with Crippen molar-refractivity contribution in [3.05, 3.63) is 0 Å². The summed E-state index contributed by atoms with van der Waals surface area (Å²) in [5, 5.41) is 0. The molecule has 0 saturated heterocycles. The number of hydrogen-bond donors (Lipinski definition) is 0. The smallest absolute Gasteiger partial charge is 0.158 e. The Morgan fingerprint density at radius 3 is 1.16 bits per heavy atom. The number of hydrogen-bond acceptors (Lipinski definition) is 2. The fraction of sp³-hybridized carbons (Fsp3) is 0.967. The zero-order chi connectivity index (χ0) is 23.5. The van der Waals surface area contributed by atoms with Gasteiger partial charge in [0.1, 0.15) is 6.10 Å². The predicted molar refractivity (Wildman–Crippen MR) is 143 cm³/mol. The van der Waals surface area contributed by atoms with Crippen LogP contribution in [0.25, 0.3) is 0 Å². The van der Waals surface area contributed by atoms with Gasteiger partial charge in [0.15, 0.2) is 5.78 Å². The molecule has 0 fully saturated rings. The lowest BCUT2D eigenvalue weighted by Gasteiger charge is -2.15. The molecule has 0 aromatic rings. The summed E-state index contributed by atoms with van der Waals surface area (Å²) in [4.78, 5) is 11.9. The van der Waals surface area contributed by atoms with Gasteiger partial charge >= 0.3 is 0 Å². The van der Waals surface area contributed by atoms with Gasteiger partial charge in [0.2, 0.25) is 0 Å². The number of carbonyl (C=O) groups excluding carboxylic acids is 1. The third kappa shape index (κ3) is 24.3. The molecule has 0 heterocycles. The molecule has 2 nitrogen and oxygen atoms in total. The van der Waals surface area contributed by atoms with Gasteiger partial charge in [-0.3, -0.25) is 4.79 Å². The summed E-state index contributed by atoms with van der Waals surface area (Å²) in [6.07, 6.45) is 31.9. The monoisotopic (exact) mass is 452 g/mol. The third-order valence-corrected chi connectivity index (χ3v) is 6.84. The number of carbonyl (C=O) groups is 1. The molecule has 0 aliphatic carbocycles. The van der Waals surface area contributed by atoms with Crippen LogP contribution in [0.2, 0.25) is 0 Å². The molecule has 0 radical (unpaired) electrons. The van der Waals surface area contributed by atoms with Gasteiger partial charge in [-0.2, -0.15) is 0 Å². The van der Waals surface area contributed by atoms with Gasteiger partial charge in [-0.15, -0.1) is 0 Å². The normalized spacial score (nSPS) is 12.3. The van der Waals surface area contributed by atoms with E-state index in [2.05, 4.69) is 13.8 Å². The Bertz CT molecular complexity index is 366. The van der Waals surface area contributed by atoms with Gasteiger partial charge in [-0.05, 0) is 19.8 Å². The lowest BCUT2D eigenvalue weighted by molar-refractivity contribution is -0.128. The molecule has 0 aliphatic rings. The molecule has 1 atom stereocenters. The Labute approximate surface area is 203 Å². The molecule has 0 bridgehead atoms. The highest BCUT2D eigenvalue weighted by Crippen LogP contribution is 2.15. The van der Waals surface area contributed by atoms with Crippen molar-refractivity contribution in [1.29, 1.82) is 0 Å². The largest absolute Gasteiger partial charge is 0.370 e. The van der Waals surface area contributed by atoms with E-state index < -0.39 is 0 Å². The minimum Gasteiger partial charge on any atom is -0.370 e. The second-order valence-corrected chi connectivity index (χ2v) is 10.2. The minimum absolute atomic E-state index is 0.152. The summed E-state index contributed by atoms with van der Waals surface area (Å²) in [7, 11) is 0. The van der Waals surface area contributed by atoms with Crippen LogP contribution in [-0.2, 0) is 9.53 Å². The van der Waals surface area contributed by atoms with Crippen LogP contribution < -0.4 is 0 Å². The zero-order valence-electron chi connectivity index (χ0n) is 22.6. The fourth-order valence-electron chi connectivity index (χ4n) is 4.57. The number of ether oxygens (including phenoxy) is 1. The van der Waals surface area contributed by atoms with E-state index in [4.69, 9.17) is 4.74 Å². The molecular formula is C30H60O2. The molecule has 0 spiro atoms. The molecule has 32 heavy (non-hydrogen) atoms. The maximum absolute atomic E-state index is 11.9. The highest BCUT2D eigenvalue weighted by atomic mass is 16.5. The van der Waals surface area contributed by atoms with Crippen LogP contribution in [0.4, 0.5) is 0 Å². The van der Waals surface area contributed by atoms with Crippen LogP contribution in [0.1, 0.15) is 175 Å². The highest BCUT2D eigenvalue weighted by Gasteiger charge is 2.13. The molecule has 0 amide bonds. The standard InChI is InChI=1S/C30H60O2/c1-4-6-8-10-12-14-16-17-18-19-21-23-25-27-30(29(3)31)32-28-26-24-22-20-15-13-11-9-7-5-2/h30H,4-28H2,1-3H3. The summed E-state index contributed by atoms with van der Waals surface area (Å²) < 4.78 is 5.93. The molecule has 192 valence electrons. The van der Waals surface area contributed by atoms with Crippen LogP contribution in [0.15, 0.2) is 0 Å². The van der Waals surface area contributed by atoms with Gasteiger partial charge in [0.25, 0.3) is 0 Å². The lowest BCUT2D eigenvalue weighted by Crippen LogP contribution is -2.22. The topological polar surface area (TPSA) is 26.3 Å². The average molecular weight is 453 g/mol. The Kier molecular flexibility index (Phi) is 26.6. The van der Waals surface area contributed by atoms with Crippen molar-refractivity contribution in [1.82, 2.24) is 0 Å². The van der Waals surface area contributed by atoms with Crippen molar-refractivity contribution in [2.24, 2.45) is 0 Å². The minimum atomic E-state index is -0.152. The summed E-state index contributed by atoms with van der Waals surface area (Å²) in [6, 6.07) is 0. The van der Waals surface area contributed by atoms with Gasteiger partial charge in [-0.25, -0.2) is 0 Å². The van der Waals surface area contributed by atoms with E-state index in [0.29, 0.717) is 0 Å². The number of rotatable bonds is 27. The maximum atomic E-state index is 11.9. The van der Waals surface area contributed by atoms with E-state index in [1.807, 2.05) is 0 Å². The molecule has 0 aliphatic heterocycles. The Morgan fingerprint density at radius 2 is 0.812 bits per heavy atom. The Balaban J connectivity index is 3.42. The Morgan fingerprint density at radius 1 is 0.500 bits per heavy atom. The van der Waals surface area contributed by atoms with E-state index in [1.54, 1.807) is 6.92 Å². The van der Waals surface area contributed by atoms with Crippen molar-refractivity contribution in [3.63, 3.8) is 0 Å². The van der Waals surface area contributed by atoms with Crippen LogP contribution in [0.5, 0.6) is 0 Å². The van der Waals surface area contributed by atoms with Gasteiger partial charge < -0.3 is 4.74 Å². The SMILES string of the molecule is CCCCCCCCCCCCCCCC(OCCCCCCCCCCCC)C(C)=O. The second kappa shape index (κ2) is 26.9. The van der Waals surface area contributed by atoms with Crippen LogP contribution in [-0.4, -0.2) is 18.5 Å². The van der Waals surface area contributed by atoms with E-state index in [0.717, 1.165) is 25.9 Å². The zero-order valence-corrected chi connectivity index (χ0v) is 22.6. The van der Waals surface area contributed by atoms with Crippen molar-refractivity contribution in [3.8, 4) is 0 Å². The van der Waals surface area contributed by atoms with Crippen molar-refractivity contribution < 1.29 is 9.53 Å². The molecule has 0 aromatic carbocycles. The third-order valence-electron chi connectivity index (χ3n) is 6.84. The molecule has 0 rings (SSSR count). The van der Waals surface area contributed by atoms with Crippen LogP contribution in [0.3, 0.4) is 0 Å². The van der Waals surface area contributed by atoms with Crippen molar-refractivity contribution in [2.45, 2.75) is 181 Å². The molecule has 0 N–H and O–H groups in total. The summed E-state index contributed by atoms with van der Waals surface area (Å²) in [5.74, 6) is 0.219. The van der Waals surface area contributed by atoms with E-state index >= 15 is 0 Å². The molecular weight excluding hydrogens is 392 g/mol. The first-order valence-electron chi connectivity index (χ1n) is 14.8. The van der Waals surface area contributed by atoms with E-state index in [1.165, 1.54) is 135 Å². The maximum Gasteiger partial charge on any atom is 0.158 e. The first-order chi connectivity index (χ1) is 15.7. The Hall–Kier alpha value is -0.370. The average Bonchev–Trinajstić information content (AvgIpc) is 2.78. The second-order valence-electron chi connectivity index (χ2n) is 10.2. The van der Waals surface area contributed by atoms with Crippen molar-refractivity contribution in [2.75, 3.05) is 6.61 Å². The van der Waals surface area contributed by atoms with Crippen LogP contribution in [0, 0.1) is 0 Å².